The van der Waals surface area contributed by atoms with E-state index in [4.69, 9.17) is 10.00 Å². The molecule has 5 heteroatoms. The number of hydrogen-bond donors (Lipinski definition) is 0. The lowest BCUT2D eigenvalue weighted by Gasteiger charge is -2.05. The Morgan fingerprint density at radius 3 is 2.95 bits per heavy atom. The van der Waals surface area contributed by atoms with Crippen molar-refractivity contribution < 1.29 is 8.95 Å². The monoisotopic (exact) mass is 272 g/mol. The molecule has 0 saturated carbocycles. The summed E-state index contributed by atoms with van der Waals surface area (Å²) in [5, 5.41) is 8.78. The first-order chi connectivity index (χ1) is 9.22. The minimum absolute atomic E-state index is 0.333. The number of methoxy groups -OCH3 is 1. The van der Waals surface area contributed by atoms with E-state index in [2.05, 4.69) is 4.98 Å². The summed E-state index contributed by atoms with van der Waals surface area (Å²) in [6.45, 7) is 0. The zero-order valence-corrected chi connectivity index (χ0v) is 11.2. The van der Waals surface area contributed by atoms with Gasteiger partial charge in [-0.1, -0.05) is 6.07 Å². The molecule has 1 aromatic carbocycles. The third-order valence-corrected chi connectivity index (χ3v) is 3.92. The van der Waals surface area contributed by atoms with Crippen LogP contribution in [0, 0.1) is 11.3 Å². The molecule has 0 aliphatic carbocycles. The van der Waals surface area contributed by atoms with E-state index in [1.807, 2.05) is 6.07 Å². The highest BCUT2D eigenvalue weighted by Crippen LogP contribution is 2.18. The maximum Gasteiger partial charge on any atom is 0.140 e. The highest BCUT2D eigenvalue weighted by atomic mass is 32.2. The van der Waals surface area contributed by atoms with Gasteiger partial charge in [0.25, 0.3) is 0 Å². The molecule has 2 rings (SSSR count). The van der Waals surface area contributed by atoms with Gasteiger partial charge in [-0.15, -0.1) is 0 Å². The Labute approximate surface area is 114 Å². The summed E-state index contributed by atoms with van der Waals surface area (Å²) in [5.74, 6) is 1.03. The molecule has 0 saturated heterocycles. The van der Waals surface area contributed by atoms with E-state index in [9.17, 15) is 4.21 Å². The average Bonchev–Trinajstić information content (AvgIpc) is 2.47. The van der Waals surface area contributed by atoms with Crippen LogP contribution in [0.1, 0.15) is 11.3 Å². The first kappa shape index (κ1) is 13.2. The van der Waals surface area contributed by atoms with Gasteiger partial charge in [0.1, 0.15) is 17.5 Å². The molecule has 96 valence electrons. The third kappa shape index (κ3) is 3.39. The highest BCUT2D eigenvalue weighted by Gasteiger charge is 2.07. The van der Waals surface area contributed by atoms with Crippen molar-refractivity contribution >= 4 is 10.8 Å². The molecule has 0 aliphatic rings. The van der Waals surface area contributed by atoms with Crippen LogP contribution < -0.4 is 4.74 Å². The summed E-state index contributed by atoms with van der Waals surface area (Å²) in [6.07, 6.45) is 1.55. The van der Waals surface area contributed by atoms with Crippen LogP contribution >= 0.6 is 0 Å². The van der Waals surface area contributed by atoms with E-state index in [0.29, 0.717) is 22.1 Å². The number of ether oxygens (including phenoxy) is 1. The molecule has 2 aromatic rings. The fourth-order valence-electron chi connectivity index (χ4n) is 1.60. The number of pyridine rings is 1. The third-order valence-electron chi connectivity index (χ3n) is 2.54. The Morgan fingerprint density at radius 2 is 2.21 bits per heavy atom. The van der Waals surface area contributed by atoms with Crippen LogP contribution in [0.4, 0.5) is 0 Å². The quantitative estimate of drug-likeness (QED) is 0.856. The Kier molecular flexibility index (Phi) is 4.26. The van der Waals surface area contributed by atoms with Crippen LogP contribution in [-0.2, 0) is 16.6 Å². The van der Waals surface area contributed by atoms with Crippen molar-refractivity contribution in [3.8, 4) is 11.8 Å². The van der Waals surface area contributed by atoms with Gasteiger partial charge < -0.3 is 4.74 Å². The number of nitriles is 1. The standard InChI is InChI=1S/C14H12N2O2S/c1-18-13-3-2-4-14(8-13)19(17)10-11-5-6-16-12(7-11)9-15/h2-8H,10H2,1H3. The van der Waals surface area contributed by atoms with Crippen molar-refractivity contribution in [2.75, 3.05) is 7.11 Å². The molecule has 0 spiro atoms. The van der Waals surface area contributed by atoms with Gasteiger partial charge >= 0.3 is 0 Å². The van der Waals surface area contributed by atoms with Gasteiger partial charge in [-0.3, -0.25) is 4.21 Å². The number of benzene rings is 1. The summed E-state index contributed by atoms with van der Waals surface area (Å²) in [6, 6.07) is 12.5. The SMILES string of the molecule is COc1cccc(S(=O)Cc2ccnc(C#N)c2)c1. The van der Waals surface area contributed by atoms with E-state index in [-0.39, 0.29) is 0 Å². The summed E-state index contributed by atoms with van der Waals surface area (Å²) in [4.78, 5) is 4.59. The van der Waals surface area contributed by atoms with Crippen LogP contribution in [0.15, 0.2) is 47.5 Å². The molecule has 1 aromatic heterocycles. The zero-order chi connectivity index (χ0) is 13.7. The molecule has 4 nitrogen and oxygen atoms in total. The molecular weight excluding hydrogens is 260 g/mol. The molecule has 0 radical (unpaired) electrons. The lowest BCUT2D eigenvalue weighted by Crippen LogP contribution is -1.98. The Bertz CT molecular complexity index is 650. The molecule has 1 heterocycles. The molecule has 0 N–H and O–H groups in total. The highest BCUT2D eigenvalue weighted by molar-refractivity contribution is 7.84. The second-order valence-electron chi connectivity index (χ2n) is 3.83. The van der Waals surface area contributed by atoms with Crippen molar-refractivity contribution in [1.82, 2.24) is 4.98 Å². The minimum atomic E-state index is -1.17. The van der Waals surface area contributed by atoms with Crippen molar-refractivity contribution in [3.05, 3.63) is 53.9 Å². The summed E-state index contributed by atoms with van der Waals surface area (Å²) in [7, 11) is 0.400. The van der Waals surface area contributed by atoms with Crippen LogP contribution in [0.3, 0.4) is 0 Å². The average molecular weight is 272 g/mol. The van der Waals surface area contributed by atoms with Crippen LogP contribution in [-0.4, -0.2) is 16.3 Å². The lowest BCUT2D eigenvalue weighted by molar-refractivity contribution is 0.413. The predicted octanol–water partition coefficient (Wildman–Crippen LogP) is 2.27. The Balaban J connectivity index is 2.18. The molecule has 19 heavy (non-hydrogen) atoms. The van der Waals surface area contributed by atoms with E-state index in [1.54, 1.807) is 49.7 Å². The largest absolute Gasteiger partial charge is 0.497 e. The van der Waals surface area contributed by atoms with E-state index < -0.39 is 10.8 Å². The molecule has 0 fully saturated rings. The maximum absolute atomic E-state index is 12.2. The molecular formula is C14H12N2O2S. The number of hydrogen-bond acceptors (Lipinski definition) is 4. The van der Waals surface area contributed by atoms with Crippen LogP contribution in [0.5, 0.6) is 5.75 Å². The number of nitrogens with zero attached hydrogens (tertiary/aromatic N) is 2. The van der Waals surface area contributed by atoms with Gasteiger partial charge in [-0.25, -0.2) is 4.98 Å². The van der Waals surface area contributed by atoms with Gasteiger partial charge in [0.2, 0.25) is 0 Å². The van der Waals surface area contributed by atoms with Gasteiger partial charge in [-0.2, -0.15) is 5.26 Å². The summed E-state index contributed by atoms with van der Waals surface area (Å²) >= 11 is 0. The number of aromatic nitrogens is 1. The van der Waals surface area contributed by atoms with E-state index >= 15 is 0 Å². The second kappa shape index (κ2) is 6.12. The zero-order valence-electron chi connectivity index (χ0n) is 10.4. The fourth-order valence-corrected chi connectivity index (χ4v) is 2.73. The molecule has 0 bridgehead atoms. The lowest BCUT2D eigenvalue weighted by atomic mass is 10.2. The summed E-state index contributed by atoms with van der Waals surface area (Å²) in [5.41, 5.74) is 1.16. The summed E-state index contributed by atoms with van der Waals surface area (Å²) < 4.78 is 17.3. The van der Waals surface area contributed by atoms with Crippen LogP contribution in [0.2, 0.25) is 0 Å². The fraction of sp³-hybridized carbons (Fsp3) is 0.143. The first-order valence-electron chi connectivity index (χ1n) is 5.60. The number of rotatable bonds is 4. The van der Waals surface area contributed by atoms with Crippen molar-refractivity contribution in [1.29, 1.82) is 5.26 Å². The van der Waals surface area contributed by atoms with Gasteiger partial charge in [0.05, 0.1) is 23.7 Å². The van der Waals surface area contributed by atoms with Crippen LogP contribution in [0.25, 0.3) is 0 Å². The van der Waals surface area contributed by atoms with E-state index in [0.717, 1.165) is 5.56 Å². The van der Waals surface area contributed by atoms with Gasteiger partial charge in [0, 0.05) is 11.1 Å². The van der Waals surface area contributed by atoms with Crippen molar-refractivity contribution in [2.45, 2.75) is 10.6 Å². The molecule has 1 atom stereocenters. The smallest absolute Gasteiger partial charge is 0.140 e. The van der Waals surface area contributed by atoms with Crippen molar-refractivity contribution in [3.63, 3.8) is 0 Å². The molecule has 0 amide bonds. The minimum Gasteiger partial charge on any atom is -0.497 e. The van der Waals surface area contributed by atoms with E-state index in [1.165, 1.54) is 0 Å². The topological polar surface area (TPSA) is 63.0 Å². The van der Waals surface area contributed by atoms with Gasteiger partial charge in [0.15, 0.2) is 0 Å². The molecule has 0 aliphatic heterocycles. The van der Waals surface area contributed by atoms with Crippen molar-refractivity contribution in [2.24, 2.45) is 0 Å². The first-order valence-corrected chi connectivity index (χ1v) is 6.92. The Hall–Kier alpha value is -2.19. The normalized spacial score (nSPS) is 11.6. The maximum atomic E-state index is 12.2. The van der Waals surface area contributed by atoms with Gasteiger partial charge in [-0.05, 0) is 35.9 Å². The Morgan fingerprint density at radius 1 is 1.37 bits per heavy atom. The second-order valence-corrected chi connectivity index (χ2v) is 5.28. The molecule has 1 unspecified atom stereocenters. The predicted molar refractivity (Wildman–Crippen MR) is 72.1 cm³/mol.